The van der Waals surface area contributed by atoms with Crippen LogP contribution in [0.2, 0.25) is 0 Å². The number of nitrogens with one attached hydrogen (secondary N) is 1. The second-order valence-corrected chi connectivity index (χ2v) is 5.11. The summed E-state index contributed by atoms with van der Waals surface area (Å²) in [4.78, 5) is 23.6. The maximum absolute atomic E-state index is 12.7. The third-order valence-corrected chi connectivity index (χ3v) is 3.32. The van der Waals surface area contributed by atoms with Crippen molar-refractivity contribution >= 4 is 11.8 Å². The van der Waals surface area contributed by atoms with Gasteiger partial charge in [0, 0.05) is 5.56 Å². The van der Waals surface area contributed by atoms with E-state index in [1.807, 2.05) is 20.8 Å². The number of carbonyl (C=O) groups is 2. The average molecular weight is 293 g/mol. The van der Waals surface area contributed by atoms with E-state index in [0.717, 1.165) is 17.5 Å². The number of aryl methyl sites for hydroxylation is 2. The highest BCUT2D eigenvalue weighted by atomic mass is 16.5. The van der Waals surface area contributed by atoms with Gasteiger partial charge in [0.1, 0.15) is 5.75 Å². The van der Waals surface area contributed by atoms with Crippen molar-refractivity contribution in [2.75, 3.05) is 13.7 Å². The predicted octanol–water partition coefficient (Wildman–Crippen LogP) is 2.34. The molecule has 1 rings (SSSR count). The first kappa shape index (κ1) is 17.2. The summed E-state index contributed by atoms with van der Waals surface area (Å²) >= 11 is 0. The minimum atomic E-state index is -0.985. The number of carboxylic acids is 1. The van der Waals surface area contributed by atoms with Crippen molar-refractivity contribution in [2.24, 2.45) is 0 Å². The number of benzene rings is 1. The smallest absolute Gasteiger partial charge is 0.305 e. The molecule has 1 aromatic rings. The molecule has 2 N–H and O–H groups in total. The SMILES string of the molecule is CCCNC(CC(=O)O)C(=O)c1c(C)cc(OC)cc1C. The number of Topliss-reactive ketones (excluding diaryl/α,β-unsaturated/α-hetero) is 1. The number of ether oxygens (including phenoxy) is 1. The molecule has 21 heavy (non-hydrogen) atoms. The molecule has 0 spiro atoms. The number of rotatable bonds is 8. The molecule has 1 atom stereocenters. The Balaban J connectivity index is 3.10. The lowest BCUT2D eigenvalue weighted by atomic mass is 9.93. The van der Waals surface area contributed by atoms with Crippen LogP contribution in [0.4, 0.5) is 0 Å². The fourth-order valence-electron chi connectivity index (χ4n) is 2.36. The summed E-state index contributed by atoms with van der Waals surface area (Å²) < 4.78 is 5.18. The van der Waals surface area contributed by atoms with Gasteiger partial charge in [0.15, 0.2) is 5.78 Å². The van der Waals surface area contributed by atoms with Gasteiger partial charge in [0.25, 0.3) is 0 Å². The van der Waals surface area contributed by atoms with E-state index in [4.69, 9.17) is 9.84 Å². The number of carbonyl (C=O) groups excluding carboxylic acids is 1. The van der Waals surface area contributed by atoms with E-state index >= 15 is 0 Å². The lowest BCUT2D eigenvalue weighted by molar-refractivity contribution is -0.137. The third kappa shape index (κ3) is 4.56. The van der Waals surface area contributed by atoms with Crippen LogP contribution in [-0.4, -0.2) is 36.6 Å². The summed E-state index contributed by atoms with van der Waals surface area (Å²) in [6.07, 6.45) is 0.619. The number of ketones is 1. The third-order valence-electron chi connectivity index (χ3n) is 3.32. The van der Waals surface area contributed by atoms with E-state index in [9.17, 15) is 9.59 Å². The fourth-order valence-corrected chi connectivity index (χ4v) is 2.36. The van der Waals surface area contributed by atoms with E-state index in [-0.39, 0.29) is 12.2 Å². The van der Waals surface area contributed by atoms with Crippen molar-refractivity contribution in [3.05, 3.63) is 28.8 Å². The molecule has 0 heterocycles. The van der Waals surface area contributed by atoms with Gasteiger partial charge < -0.3 is 15.2 Å². The van der Waals surface area contributed by atoms with E-state index in [0.29, 0.717) is 17.9 Å². The normalized spacial score (nSPS) is 12.0. The van der Waals surface area contributed by atoms with E-state index in [1.165, 1.54) is 0 Å². The molecule has 116 valence electrons. The summed E-state index contributed by atoms with van der Waals surface area (Å²) in [5.74, 6) is -0.470. The molecule has 0 saturated heterocycles. The number of aliphatic carboxylic acids is 1. The van der Waals surface area contributed by atoms with Crippen LogP contribution < -0.4 is 10.1 Å². The second kappa shape index (κ2) is 7.78. The molecule has 0 aliphatic rings. The van der Waals surface area contributed by atoms with E-state index in [1.54, 1.807) is 19.2 Å². The van der Waals surface area contributed by atoms with Crippen LogP contribution in [0.1, 0.15) is 41.3 Å². The van der Waals surface area contributed by atoms with Gasteiger partial charge in [-0.3, -0.25) is 9.59 Å². The molecule has 0 radical (unpaired) electrons. The fraction of sp³-hybridized carbons (Fsp3) is 0.500. The molecular formula is C16H23NO4. The minimum absolute atomic E-state index is 0.177. The highest BCUT2D eigenvalue weighted by Crippen LogP contribution is 2.23. The van der Waals surface area contributed by atoms with Gasteiger partial charge in [-0.2, -0.15) is 0 Å². The van der Waals surface area contributed by atoms with Gasteiger partial charge >= 0.3 is 5.97 Å². The zero-order valence-corrected chi connectivity index (χ0v) is 13.0. The Labute approximate surface area is 125 Å². The quantitative estimate of drug-likeness (QED) is 0.720. The van der Waals surface area contributed by atoms with Crippen molar-refractivity contribution in [3.8, 4) is 5.75 Å². The maximum Gasteiger partial charge on any atom is 0.305 e. The van der Waals surface area contributed by atoms with Gasteiger partial charge in [-0.05, 0) is 50.1 Å². The lowest BCUT2D eigenvalue weighted by Crippen LogP contribution is -2.39. The molecule has 0 fully saturated rings. The Bertz CT molecular complexity index is 502. The van der Waals surface area contributed by atoms with Gasteiger partial charge in [-0.1, -0.05) is 6.92 Å². The molecule has 5 heteroatoms. The molecule has 0 aliphatic heterocycles. The van der Waals surface area contributed by atoms with Gasteiger partial charge in [-0.25, -0.2) is 0 Å². The summed E-state index contributed by atoms with van der Waals surface area (Å²) in [7, 11) is 1.58. The van der Waals surface area contributed by atoms with E-state index < -0.39 is 12.0 Å². The van der Waals surface area contributed by atoms with Crippen LogP contribution in [0.5, 0.6) is 5.75 Å². The van der Waals surface area contributed by atoms with Crippen LogP contribution in [0.15, 0.2) is 12.1 Å². The topological polar surface area (TPSA) is 75.6 Å². The highest BCUT2D eigenvalue weighted by Gasteiger charge is 2.25. The van der Waals surface area contributed by atoms with Crippen LogP contribution in [0.25, 0.3) is 0 Å². The largest absolute Gasteiger partial charge is 0.497 e. The first-order chi connectivity index (χ1) is 9.90. The van der Waals surface area contributed by atoms with Gasteiger partial charge in [0.05, 0.1) is 19.6 Å². The maximum atomic E-state index is 12.7. The van der Waals surface area contributed by atoms with Crippen molar-refractivity contribution in [1.29, 1.82) is 0 Å². The van der Waals surface area contributed by atoms with Crippen LogP contribution in [0, 0.1) is 13.8 Å². The Morgan fingerprint density at radius 1 is 1.29 bits per heavy atom. The van der Waals surface area contributed by atoms with Crippen molar-refractivity contribution in [3.63, 3.8) is 0 Å². The number of hydrogen-bond donors (Lipinski definition) is 2. The van der Waals surface area contributed by atoms with E-state index in [2.05, 4.69) is 5.32 Å². The Morgan fingerprint density at radius 3 is 2.29 bits per heavy atom. The molecule has 0 saturated carbocycles. The van der Waals surface area contributed by atoms with Crippen LogP contribution >= 0.6 is 0 Å². The Kier molecular flexibility index (Phi) is 6.37. The van der Waals surface area contributed by atoms with Gasteiger partial charge in [0.2, 0.25) is 0 Å². The number of carboxylic acid groups (broad SMARTS) is 1. The molecule has 1 aromatic carbocycles. The van der Waals surface area contributed by atoms with Gasteiger partial charge in [-0.15, -0.1) is 0 Å². The molecule has 0 aromatic heterocycles. The summed E-state index contributed by atoms with van der Waals surface area (Å²) in [5, 5.41) is 12.0. The monoisotopic (exact) mass is 293 g/mol. The number of methoxy groups -OCH3 is 1. The first-order valence-electron chi connectivity index (χ1n) is 7.05. The van der Waals surface area contributed by atoms with Crippen LogP contribution in [-0.2, 0) is 4.79 Å². The van der Waals surface area contributed by atoms with Crippen molar-refractivity contribution < 1.29 is 19.4 Å². The molecule has 0 bridgehead atoms. The molecule has 1 unspecified atom stereocenters. The average Bonchev–Trinajstić information content (AvgIpc) is 2.41. The summed E-state index contributed by atoms with van der Waals surface area (Å²) in [6, 6.07) is 2.88. The Hall–Kier alpha value is -1.88. The standard InChI is InChI=1S/C16H23NO4/c1-5-6-17-13(9-14(18)19)16(20)15-10(2)7-12(21-4)8-11(15)3/h7-8,13,17H,5-6,9H2,1-4H3,(H,18,19). The Morgan fingerprint density at radius 2 is 1.86 bits per heavy atom. The second-order valence-electron chi connectivity index (χ2n) is 5.11. The van der Waals surface area contributed by atoms with Crippen molar-refractivity contribution in [2.45, 2.75) is 39.7 Å². The van der Waals surface area contributed by atoms with Crippen LogP contribution in [0.3, 0.4) is 0 Å². The molecule has 5 nitrogen and oxygen atoms in total. The molecule has 0 amide bonds. The van der Waals surface area contributed by atoms with Crippen molar-refractivity contribution in [1.82, 2.24) is 5.32 Å². The molecule has 0 aliphatic carbocycles. The number of hydrogen-bond acceptors (Lipinski definition) is 4. The minimum Gasteiger partial charge on any atom is -0.497 e. The summed E-state index contributed by atoms with van der Waals surface area (Å²) in [6.45, 7) is 6.25. The predicted molar refractivity (Wildman–Crippen MR) is 81.1 cm³/mol. The summed E-state index contributed by atoms with van der Waals surface area (Å²) in [5.41, 5.74) is 2.17. The highest BCUT2D eigenvalue weighted by molar-refractivity contribution is 6.04. The zero-order chi connectivity index (χ0) is 16.0. The first-order valence-corrected chi connectivity index (χ1v) is 7.05. The zero-order valence-electron chi connectivity index (χ0n) is 13.0. The molecular weight excluding hydrogens is 270 g/mol. The lowest BCUT2D eigenvalue weighted by Gasteiger charge is -2.18.